The van der Waals surface area contributed by atoms with Crippen molar-refractivity contribution in [3.63, 3.8) is 0 Å². The van der Waals surface area contributed by atoms with Crippen molar-refractivity contribution < 1.29 is 4.79 Å². The molecule has 0 radical (unpaired) electrons. The number of nitrogens with zero attached hydrogens (tertiary/aromatic N) is 1. The summed E-state index contributed by atoms with van der Waals surface area (Å²) in [7, 11) is 1.91. The first kappa shape index (κ1) is 14.9. The van der Waals surface area contributed by atoms with Crippen molar-refractivity contribution in [2.24, 2.45) is 5.92 Å². The Morgan fingerprint density at radius 1 is 1.42 bits per heavy atom. The maximum atomic E-state index is 12.5. The highest BCUT2D eigenvalue weighted by Gasteiger charge is 2.26. The Morgan fingerprint density at radius 2 is 2.16 bits per heavy atom. The van der Waals surface area contributed by atoms with Gasteiger partial charge in [-0.1, -0.05) is 31.4 Å². The van der Waals surface area contributed by atoms with Gasteiger partial charge < -0.3 is 4.90 Å². The second-order valence-corrected chi connectivity index (χ2v) is 6.76. The predicted molar refractivity (Wildman–Crippen MR) is 82.7 cm³/mol. The molecule has 1 aromatic rings. The summed E-state index contributed by atoms with van der Waals surface area (Å²) >= 11 is 9.33. The molecule has 2 atom stereocenters. The molecular weight excluding hydrogens is 326 g/mol. The summed E-state index contributed by atoms with van der Waals surface area (Å²) < 4.78 is 0.765. The molecule has 0 N–H and O–H groups in total. The van der Waals surface area contributed by atoms with E-state index in [2.05, 4.69) is 22.9 Å². The predicted octanol–water partition coefficient (Wildman–Crippen LogP) is 4.75. The second kappa shape index (κ2) is 6.27. The van der Waals surface area contributed by atoms with Crippen LogP contribution in [0, 0.1) is 5.92 Å². The van der Waals surface area contributed by atoms with Crippen molar-refractivity contribution >= 4 is 33.4 Å². The first-order chi connectivity index (χ1) is 8.99. The van der Waals surface area contributed by atoms with Crippen LogP contribution in [0.2, 0.25) is 5.02 Å². The maximum absolute atomic E-state index is 12.5. The van der Waals surface area contributed by atoms with Gasteiger partial charge in [0.05, 0.1) is 5.56 Å². The highest BCUT2D eigenvalue weighted by atomic mass is 79.9. The Morgan fingerprint density at radius 3 is 2.79 bits per heavy atom. The zero-order valence-electron chi connectivity index (χ0n) is 11.3. The van der Waals surface area contributed by atoms with E-state index in [-0.39, 0.29) is 5.91 Å². The van der Waals surface area contributed by atoms with Crippen molar-refractivity contribution in [1.82, 2.24) is 4.90 Å². The van der Waals surface area contributed by atoms with E-state index in [1.165, 1.54) is 12.8 Å². The molecule has 0 heterocycles. The third-order valence-electron chi connectivity index (χ3n) is 3.94. The Kier molecular flexibility index (Phi) is 4.91. The zero-order chi connectivity index (χ0) is 14.0. The number of halogens is 2. The van der Waals surface area contributed by atoms with E-state index in [4.69, 9.17) is 11.6 Å². The standard InChI is InChI=1S/C15H19BrClNO/c1-10-4-3-5-12(8-10)18(2)15(19)13-7-6-11(17)9-14(13)16/h6-7,9-10,12H,3-5,8H2,1-2H3. The van der Waals surface area contributed by atoms with Crippen LogP contribution >= 0.6 is 27.5 Å². The van der Waals surface area contributed by atoms with Crippen LogP contribution in [0.1, 0.15) is 43.0 Å². The summed E-state index contributed by atoms with van der Waals surface area (Å²) in [5.74, 6) is 0.783. The topological polar surface area (TPSA) is 20.3 Å². The minimum absolute atomic E-state index is 0.0719. The summed E-state index contributed by atoms with van der Waals surface area (Å²) in [6, 6.07) is 5.68. The molecule has 1 amide bonds. The van der Waals surface area contributed by atoms with E-state index in [9.17, 15) is 4.79 Å². The number of hydrogen-bond donors (Lipinski definition) is 0. The second-order valence-electron chi connectivity index (χ2n) is 5.47. The average Bonchev–Trinajstić information content (AvgIpc) is 2.37. The quantitative estimate of drug-likeness (QED) is 0.758. The van der Waals surface area contributed by atoms with E-state index < -0.39 is 0 Å². The average molecular weight is 345 g/mol. The summed E-state index contributed by atoms with van der Waals surface area (Å²) in [4.78, 5) is 14.4. The zero-order valence-corrected chi connectivity index (χ0v) is 13.7. The monoisotopic (exact) mass is 343 g/mol. The molecule has 0 saturated heterocycles. The molecule has 2 nitrogen and oxygen atoms in total. The number of benzene rings is 1. The van der Waals surface area contributed by atoms with Gasteiger partial charge >= 0.3 is 0 Å². The molecule has 1 fully saturated rings. The molecule has 104 valence electrons. The molecule has 0 aromatic heterocycles. The number of carbonyl (C=O) groups is 1. The van der Waals surface area contributed by atoms with Crippen molar-refractivity contribution in [3.05, 3.63) is 33.3 Å². The van der Waals surface area contributed by atoms with Crippen LogP contribution in [0.15, 0.2) is 22.7 Å². The maximum Gasteiger partial charge on any atom is 0.254 e. The van der Waals surface area contributed by atoms with Crippen molar-refractivity contribution in [3.8, 4) is 0 Å². The summed E-state index contributed by atoms with van der Waals surface area (Å²) in [6.07, 6.45) is 4.71. The van der Waals surface area contributed by atoms with Crippen LogP contribution in [-0.4, -0.2) is 23.9 Å². The van der Waals surface area contributed by atoms with Crippen LogP contribution in [-0.2, 0) is 0 Å². The highest BCUT2D eigenvalue weighted by molar-refractivity contribution is 9.10. The van der Waals surface area contributed by atoms with E-state index >= 15 is 0 Å². The minimum Gasteiger partial charge on any atom is -0.339 e. The molecule has 2 unspecified atom stereocenters. The fourth-order valence-electron chi connectivity index (χ4n) is 2.77. The van der Waals surface area contributed by atoms with E-state index in [1.54, 1.807) is 18.2 Å². The molecule has 19 heavy (non-hydrogen) atoms. The van der Waals surface area contributed by atoms with Gasteiger partial charge in [-0.15, -0.1) is 0 Å². The van der Waals surface area contributed by atoms with Crippen LogP contribution in [0.4, 0.5) is 0 Å². The van der Waals surface area contributed by atoms with Crippen molar-refractivity contribution in [1.29, 1.82) is 0 Å². The summed E-state index contributed by atoms with van der Waals surface area (Å²) in [5, 5.41) is 0.636. The van der Waals surface area contributed by atoms with E-state index in [1.807, 2.05) is 11.9 Å². The summed E-state index contributed by atoms with van der Waals surface area (Å²) in [5.41, 5.74) is 0.685. The Bertz CT molecular complexity index is 477. The fraction of sp³-hybridized carbons (Fsp3) is 0.533. The lowest BCUT2D eigenvalue weighted by Crippen LogP contribution is -2.39. The first-order valence-electron chi connectivity index (χ1n) is 6.71. The van der Waals surface area contributed by atoms with Crippen LogP contribution < -0.4 is 0 Å². The SMILES string of the molecule is CC1CCCC(N(C)C(=O)c2ccc(Cl)cc2Br)C1. The largest absolute Gasteiger partial charge is 0.339 e. The van der Waals surface area contributed by atoms with Crippen LogP contribution in [0.5, 0.6) is 0 Å². The normalized spacial score (nSPS) is 23.2. The van der Waals surface area contributed by atoms with Gasteiger partial charge in [0.1, 0.15) is 0 Å². The van der Waals surface area contributed by atoms with Crippen molar-refractivity contribution in [2.75, 3.05) is 7.05 Å². The molecule has 0 spiro atoms. The van der Waals surface area contributed by atoms with Gasteiger partial charge in [-0.3, -0.25) is 4.79 Å². The van der Waals surface area contributed by atoms with Gasteiger partial charge in [-0.2, -0.15) is 0 Å². The number of carbonyl (C=O) groups excluding carboxylic acids is 1. The molecule has 0 aliphatic heterocycles. The Balaban J connectivity index is 2.14. The minimum atomic E-state index is 0.0719. The highest BCUT2D eigenvalue weighted by Crippen LogP contribution is 2.29. The van der Waals surface area contributed by atoms with Crippen LogP contribution in [0.3, 0.4) is 0 Å². The smallest absolute Gasteiger partial charge is 0.254 e. The van der Waals surface area contributed by atoms with Gasteiger partial charge in [0.25, 0.3) is 5.91 Å². The van der Waals surface area contributed by atoms with Crippen LogP contribution in [0.25, 0.3) is 0 Å². The molecule has 2 rings (SSSR count). The molecule has 1 aliphatic rings. The third-order valence-corrected chi connectivity index (χ3v) is 4.83. The number of hydrogen-bond acceptors (Lipinski definition) is 1. The lowest BCUT2D eigenvalue weighted by Gasteiger charge is -2.34. The third kappa shape index (κ3) is 3.51. The molecule has 1 aliphatic carbocycles. The van der Waals surface area contributed by atoms with Gasteiger partial charge in [0, 0.05) is 22.6 Å². The molecule has 1 saturated carbocycles. The summed E-state index contributed by atoms with van der Waals surface area (Å²) in [6.45, 7) is 2.27. The Hall–Kier alpha value is -0.540. The Labute approximate surface area is 128 Å². The van der Waals surface area contributed by atoms with Crippen molar-refractivity contribution in [2.45, 2.75) is 38.6 Å². The van der Waals surface area contributed by atoms with E-state index in [0.717, 1.165) is 17.3 Å². The fourth-order valence-corrected chi connectivity index (χ4v) is 3.62. The number of amides is 1. The molecular formula is C15H19BrClNO. The molecule has 4 heteroatoms. The lowest BCUT2D eigenvalue weighted by atomic mass is 9.86. The van der Waals surface area contributed by atoms with Gasteiger partial charge in [0.15, 0.2) is 0 Å². The van der Waals surface area contributed by atoms with Gasteiger partial charge in [0.2, 0.25) is 0 Å². The first-order valence-corrected chi connectivity index (χ1v) is 7.88. The molecule has 1 aromatic carbocycles. The van der Waals surface area contributed by atoms with Gasteiger partial charge in [-0.05, 0) is 52.9 Å². The van der Waals surface area contributed by atoms with Gasteiger partial charge in [-0.25, -0.2) is 0 Å². The lowest BCUT2D eigenvalue weighted by molar-refractivity contribution is 0.0671. The number of rotatable bonds is 2. The van der Waals surface area contributed by atoms with E-state index in [0.29, 0.717) is 22.5 Å². The molecule has 0 bridgehead atoms.